The number of methoxy groups -OCH3 is 1. The molecule has 0 heterocycles. The highest BCUT2D eigenvalue weighted by Gasteiger charge is 2.33. The summed E-state index contributed by atoms with van der Waals surface area (Å²) in [6.45, 7) is 2.67. The van der Waals surface area contributed by atoms with Crippen LogP contribution in [-0.4, -0.2) is 49.6 Å². The molecule has 1 N–H and O–H groups in total. The summed E-state index contributed by atoms with van der Waals surface area (Å²) >= 11 is 0. The third-order valence-electron chi connectivity index (χ3n) is 4.77. The molecule has 0 spiro atoms. The first-order chi connectivity index (χ1) is 14.6. The number of rotatable bonds is 11. The molecular formula is C23H28N2O5. The van der Waals surface area contributed by atoms with Crippen molar-refractivity contribution in [3.05, 3.63) is 48.5 Å². The summed E-state index contributed by atoms with van der Waals surface area (Å²) in [5.74, 6) is 1.44. The van der Waals surface area contributed by atoms with Crippen molar-refractivity contribution in [2.75, 3.05) is 32.2 Å². The molecule has 160 valence electrons. The van der Waals surface area contributed by atoms with Gasteiger partial charge in [-0.2, -0.15) is 0 Å². The van der Waals surface area contributed by atoms with Gasteiger partial charge in [-0.05, 0) is 44.0 Å². The fourth-order valence-corrected chi connectivity index (χ4v) is 3.14. The fraction of sp³-hybridized carbons (Fsp3) is 0.391. The Morgan fingerprint density at radius 1 is 1.00 bits per heavy atom. The highest BCUT2D eigenvalue weighted by atomic mass is 16.5. The average molecular weight is 412 g/mol. The van der Waals surface area contributed by atoms with Crippen LogP contribution in [-0.2, 0) is 9.59 Å². The van der Waals surface area contributed by atoms with Crippen molar-refractivity contribution in [1.29, 1.82) is 0 Å². The van der Waals surface area contributed by atoms with Crippen molar-refractivity contribution in [1.82, 2.24) is 4.90 Å². The number of carbonyl (C=O) groups excluding carboxylic acids is 2. The molecule has 1 fully saturated rings. The SMILES string of the molecule is CCOc1ccccc1NC(=O)CCN(C(=O)COc1ccccc1OC)C1CC1. The molecule has 3 rings (SSSR count). The summed E-state index contributed by atoms with van der Waals surface area (Å²) in [6, 6.07) is 14.7. The van der Waals surface area contributed by atoms with Crippen LogP contribution in [0.25, 0.3) is 0 Å². The topological polar surface area (TPSA) is 77.1 Å². The van der Waals surface area contributed by atoms with Crippen LogP contribution < -0.4 is 19.5 Å². The van der Waals surface area contributed by atoms with Crippen molar-refractivity contribution in [2.45, 2.75) is 32.2 Å². The number of carbonyl (C=O) groups is 2. The molecule has 0 aliphatic heterocycles. The van der Waals surface area contributed by atoms with E-state index >= 15 is 0 Å². The molecule has 1 saturated carbocycles. The van der Waals surface area contributed by atoms with E-state index in [0.29, 0.717) is 36.1 Å². The van der Waals surface area contributed by atoms with Crippen LogP contribution in [0.2, 0.25) is 0 Å². The minimum atomic E-state index is -0.161. The number of para-hydroxylation sites is 4. The van der Waals surface area contributed by atoms with E-state index in [1.54, 1.807) is 30.2 Å². The van der Waals surface area contributed by atoms with Crippen LogP contribution in [0.4, 0.5) is 5.69 Å². The van der Waals surface area contributed by atoms with Crippen molar-refractivity contribution in [3.63, 3.8) is 0 Å². The van der Waals surface area contributed by atoms with E-state index in [-0.39, 0.29) is 30.9 Å². The molecular weight excluding hydrogens is 384 g/mol. The number of anilines is 1. The third-order valence-corrected chi connectivity index (χ3v) is 4.77. The predicted molar refractivity (Wildman–Crippen MR) is 114 cm³/mol. The monoisotopic (exact) mass is 412 g/mol. The summed E-state index contributed by atoms with van der Waals surface area (Å²) in [4.78, 5) is 26.9. The number of amides is 2. The van der Waals surface area contributed by atoms with Gasteiger partial charge in [0, 0.05) is 19.0 Å². The van der Waals surface area contributed by atoms with Crippen LogP contribution in [0.5, 0.6) is 17.2 Å². The first kappa shape index (κ1) is 21.5. The van der Waals surface area contributed by atoms with Crippen LogP contribution >= 0.6 is 0 Å². The van der Waals surface area contributed by atoms with Crippen molar-refractivity contribution < 1.29 is 23.8 Å². The maximum absolute atomic E-state index is 12.7. The number of benzene rings is 2. The molecule has 0 saturated heterocycles. The lowest BCUT2D eigenvalue weighted by molar-refractivity contribution is -0.134. The minimum absolute atomic E-state index is 0.0916. The van der Waals surface area contributed by atoms with Gasteiger partial charge in [0.2, 0.25) is 5.91 Å². The summed E-state index contributed by atoms with van der Waals surface area (Å²) < 4.78 is 16.4. The van der Waals surface area contributed by atoms with Gasteiger partial charge in [0.25, 0.3) is 5.91 Å². The largest absolute Gasteiger partial charge is 0.493 e. The second kappa shape index (κ2) is 10.5. The molecule has 1 aliphatic carbocycles. The van der Waals surface area contributed by atoms with Crippen LogP contribution in [0.15, 0.2) is 48.5 Å². The van der Waals surface area contributed by atoms with Gasteiger partial charge in [0.05, 0.1) is 19.4 Å². The zero-order valence-corrected chi connectivity index (χ0v) is 17.4. The van der Waals surface area contributed by atoms with Gasteiger partial charge in [0.1, 0.15) is 5.75 Å². The molecule has 7 heteroatoms. The Labute approximate surface area is 176 Å². The number of nitrogens with one attached hydrogen (secondary N) is 1. The molecule has 0 radical (unpaired) electrons. The highest BCUT2D eigenvalue weighted by molar-refractivity contribution is 5.92. The smallest absolute Gasteiger partial charge is 0.260 e. The maximum Gasteiger partial charge on any atom is 0.260 e. The van der Waals surface area contributed by atoms with Crippen LogP contribution in [0.1, 0.15) is 26.2 Å². The average Bonchev–Trinajstić information content (AvgIpc) is 3.59. The number of nitrogens with zero attached hydrogens (tertiary/aromatic N) is 1. The predicted octanol–water partition coefficient (Wildman–Crippen LogP) is 3.49. The van der Waals surface area contributed by atoms with Crippen LogP contribution in [0, 0.1) is 0 Å². The number of ether oxygens (including phenoxy) is 3. The standard InChI is InChI=1S/C23H28N2O5/c1-3-29-19-9-5-4-8-18(19)24-22(26)14-15-25(17-12-13-17)23(27)16-30-21-11-7-6-10-20(21)28-2/h4-11,17H,3,12-16H2,1-2H3,(H,24,26). The second-order valence-electron chi connectivity index (χ2n) is 6.99. The normalized spacial score (nSPS) is 12.7. The van der Waals surface area contributed by atoms with Crippen molar-refractivity contribution in [2.24, 2.45) is 0 Å². The Kier molecular flexibility index (Phi) is 7.54. The van der Waals surface area contributed by atoms with E-state index in [4.69, 9.17) is 14.2 Å². The van der Waals surface area contributed by atoms with Gasteiger partial charge in [0.15, 0.2) is 18.1 Å². The Morgan fingerprint density at radius 3 is 2.33 bits per heavy atom. The minimum Gasteiger partial charge on any atom is -0.493 e. The molecule has 2 aromatic rings. The first-order valence-corrected chi connectivity index (χ1v) is 10.2. The first-order valence-electron chi connectivity index (χ1n) is 10.2. The van der Waals surface area contributed by atoms with Gasteiger partial charge < -0.3 is 24.4 Å². The van der Waals surface area contributed by atoms with Gasteiger partial charge in [-0.1, -0.05) is 24.3 Å². The molecule has 1 aliphatic rings. The fourth-order valence-electron chi connectivity index (χ4n) is 3.14. The van der Waals surface area contributed by atoms with Crippen molar-refractivity contribution in [3.8, 4) is 17.2 Å². The molecule has 0 atom stereocenters. The Hall–Kier alpha value is -3.22. The molecule has 2 aromatic carbocycles. The van der Waals surface area contributed by atoms with E-state index in [1.165, 1.54) is 0 Å². The lowest BCUT2D eigenvalue weighted by Crippen LogP contribution is -2.38. The molecule has 7 nitrogen and oxygen atoms in total. The van der Waals surface area contributed by atoms with Gasteiger partial charge in [-0.3, -0.25) is 9.59 Å². The molecule has 30 heavy (non-hydrogen) atoms. The summed E-state index contributed by atoms with van der Waals surface area (Å²) in [6.07, 6.45) is 2.11. The van der Waals surface area contributed by atoms with Gasteiger partial charge in [-0.15, -0.1) is 0 Å². The van der Waals surface area contributed by atoms with Gasteiger partial charge in [-0.25, -0.2) is 0 Å². The van der Waals surface area contributed by atoms with E-state index in [9.17, 15) is 9.59 Å². The maximum atomic E-state index is 12.7. The Bertz CT molecular complexity index is 866. The molecule has 0 bridgehead atoms. The van der Waals surface area contributed by atoms with Gasteiger partial charge >= 0.3 is 0 Å². The van der Waals surface area contributed by atoms with E-state index in [2.05, 4.69) is 5.32 Å². The molecule has 2 amide bonds. The molecule has 0 aromatic heterocycles. The quantitative estimate of drug-likeness (QED) is 0.611. The zero-order valence-electron chi connectivity index (χ0n) is 17.4. The number of hydrogen-bond donors (Lipinski definition) is 1. The summed E-state index contributed by atoms with van der Waals surface area (Å²) in [7, 11) is 1.56. The third kappa shape index (κ3) is 5.89. The molecule has 0 unspecified atom stereocenters. The lowest BCUT2D eigenvalue weighted by Gasteiger charge is -2.22. The lowest BCUT2D eigenvalue weighted by atomic mass is 10.2. The van der Waals surface area contributed by atoms with Crippen LogP contribution in [0.3, 0.4) is 0 Å². The van der Waals surface area contributed by atoms with E-state index in [1.807, 2.05) is 37.3 Å². The summed E-state index contributed by atoms with van der Waals surface area (Å²) in [5, 5.41) is 2.87. The Morgan fingerprint density at radius 2 is 1.67 bits per heavy atom. The van der Waals surface area contributed by atoms with E-state index in [0.717, 1.165) is 12.8 Å². The summed E-state index contributed by atoms with van der Waals surface area (Å²) in [5.41, 5.74) is 0.633. The zero-order chi connectivity index (χ0) is 21.3. The second-order valence-corrected chi connectivity index (χ2v) is 6.99. The highest BCUT2D eigenvalue weighted by Crippen LogP contribution is 2.29. The number of hydrogen-bond acceptors (Lipinski definition) is 5. The van der Waals surface area contributed by atoms with E-state index < -0.39 is 0 Å². The van der Waals surface area contributed by atoms with Crippen molar-refractivity contribution >= 4 is 17.5 Å². The Balaban J connectivity index is 1.53.